The minimum absolute atomic E-state index is 0.00663. The molecule has 0 aromatic heterocycles. The van der Waals surface area contributed by atoms with E-state index in [2.05, 4.69) is 10.3 Å². The maximum Gasteiger partial charge on any atom is 0.256 e. The monoisotopic (exact) mass is 537 g/mol. The molecule has 3 aromatic rings. The van der Waals surface area contributed by atoms with Gasteiger partial charge in [-0.05, 0) is 31.4 Å². The van der Waals surface area contributed by atoms with Gasteiger partial charge in [0.05, 0.1) is 42.3 Å². The number of carbonyl (C=O) groups excluding carboxylic acids is 4. The summed E-state index contributed by atoms with van der Waals surface area (Å²) >= 11 is 0. The Balaban J connectivity index is 1.11. The van der Waals surface area contributed by atoms with E-state index in [0.717, 1.165) is 12.8 Å². The molecule has 1 saturated heterocycles. The summed E-state index contributed by atoms with van der Waals surface area (Å²) in [5.74, 6) is -0.0430. The smallest absolute Gasteiger partial charge is 0.256 e. The van der Waals surface area contributed by atoms with Crippen LogP contribution in [0.3, 0.4) is 0 Å². The molecule has 3 aliphatic rings. The van der Waals surface area contributed by atoms with Crippen LogP contribution in [0.25, 0.3) is 0 Å². The maximum absolute atomic E-state index is 13.2. The fraction of sp³-hybridized carbons (Fsp3) is 0.258. The quantitative estimate of drug-likeness (QED) is 0.345. The van der Waals surface area contributed by atoms with Crippen LogP contribution in [0.5, 0.6) is 11.5 Å². The summed E-state index contributed by atoms with van der Waals surface area (Å²) in [6.45, 7) is 0.924. The second-order valence-corrected chi connectivity index (χ2v) is 9.94. The number of nitrogens with one attached hydrogen (secondary N) is 1. The number of ketones is 2. The minimum atomic E-state index is -0.305. The second-order valence-electron chi connectivity index (χ2n) is 9.94. The van der Waals surface area contributed by atoms with Crippen molar-refractivity contribution in [1.29, 1.82) is 0 Å². The van der Waals surface area contributed by atoms with E-state index in [1.165, 1.54) is 7.11 Å². The van der Waals surface area contributed by atoms with Gasteiger partial charge >= 0.3 is 0 Å². The molecule has 9 heteroatoms. The van der Waals surface area contributed by atoms with E-state index in [0.29, 0.717) is 52.5 Å². The first-order chi connectivity index (χ1) is 19.5. The van der Waals surface area contributed by atoms with Crippen molar-refractivity contribution in [3.63, 3.8) is 0 Å². The zero-order chi connectivity index (χ0) is 27.8. The summed E-state index contributed by atoms with van der Waals surface area (Å²) in [5.41, 5.74) is 2.50. The zero-order valence-corrected chi connectivity index (χ0v) is 21.9. The molecule has 0 saturated carbocycles. The Bertz CT molecular complexity index is 1590. The van der Waals surface area contributed by atoms with Gasteiger partial charge in [-0.25, -0.2) is 0 Å². The molecule has 2 heterocycles. The first-order valence-electron chi connectivity index (χ1n) is 13.3. The third-order valence-corrected chi connectivity index (χ3v) is 7.49. The van der Waals surface area contributed by atoms with Crippen molar-refractivity contribution >= 4 is 41.0 Å². The summed E-state index contributed by atoms with van der Waals surface area (Å²) in [5, 5.41) is 2.79. The van der Waals surface area contributed by atoms with Crippen molar-refractivity contribution in [2.75, 3.05) is 25.6 Å². The molecule has 2 aliphatic heterocycles. The molecule has 1 N–H and O–H groups in total. The lowest BCUT2D eigenvalue weighted by atomic mass is 9.83. The summed E-state index contributed by atoms with van der Waals surface area (Å²) in [7, 11) is 1.51. The highest BCUT2D eigenvalue weighted by Crippen LogP contribution is 2.38. The summed E-state index contributed by atoms with van der Waals surface area (Å²) in [4.78, 5) is 58.3. The lowest BCUT2D eigenvalue weighted by Crippen LogP contribution is -2.35. The van der Waals surface area contributed by atoms with E-state index in [1.54, 1.807) is 54.6 Å². The lowest BCUT2D eigenvalue weighted by molar-refractivity contribution is -0.116. The van der Waals surface area contributed by atoms with Crippen LogP contribution in [0.15, 0.2) is 59.6 Å². The Morgan fingerprint density at radius 3 is 2.55 bits per heavy atom. The molecule has 0 spiro atoms. The number of hydrogen-bond acceptors (Lipinski definition) is 7. The highest BCUT2D eigenvalue weighted by Gasteiger charge is 2.33. The summed E-state index contributed by atoms with van der Waals surface area (Å²) in [6.07, 6.45) is 4.18. The number of amides is 2. The predicted molar refractivity (Wildman–Crippen MR) is 148 cm³/mol. The van der Waals surface area contributed by atoms with Crippen LogP contribution in [0.1, 0.15) is 67.9 Å². The summed E-state index contributed by atoms with van der Waals surface area (Å²) in [6, 6.07) is 14.9. The number of benzene rings is 3. The van der Waals surface area contributed by atoms with Crippen LogP contribution in [-0.2, 0) is 4.79 Å². The number of methoxy groups -OCH3 is 1. The normalized spacial score (nSPS) is 17.0. The number of anilines is 1. The Morgan fingerprint density at radius 2 is 1.75 bits per heavy atom. The molecule has 40 heavy (non-hydrogen) atoms. The average molecular weight is 538 g/mol. The van der Waals surface area contributed by atoms with Crippen molar-refractivity contribution in [1.82, 2.24) is 4.90 Å². The molecular weight excluding hydrogens is 510 g/mol. The van der Waals surface area contributed by atoms with E-state index >= 15 is 0 Å². The number of carbonyl (C=O) groups is 4. The molecule has 3 aromatic carbocycles. The molecule has 1 fully saturated rings. The number of fused-ring (bicyclic) bond motifs is 4. The fourth-order valence-corrected chi connectivity index (χ4v) is 5.50. The van der Waals surface area contributed by atoms with E-state index in [9.17, 15) is 19.2 Å². The highest BCUT2D eigenvalue weighted by molar-refractivity contribution is 6.30. The number of ether oxygens (including phenoxy) is 2. The van der Waals surface area contributed by atoms with Gasteiger partial charge in [-0.3, -0.25) is 24.2 Å². The van der Waals surface area contributed by atoms with Crippen LogP contribution in [0.4, 0.5) is 11.4 Å². The Hall–Kier alpha value is -4.79. The van der Waals surface area contributed by atoms with Crippen LogP contribution in [-0.4, -0.2) is 60.8 Å². The Kier molecular flexibility index (Phi) is 6.63. The van der Waals surface area contributed by atoms with Gasteiger partial charge in [0.2, 0.25) is 5.91 Å². The van der Waals surface area contributed by atoms with Gasteiger partial charge in [0, 0.05) is 41.9 Å². The molecule has 1 aliphatic carbocycles. The zero-order valence-electron chi connectivity index (χ0n) is 21.9. The molecule has 6 rings (SSSR count). The molecule has 9 nitrogen and oxygen atoms in total. The van der Waals surface area contributed by atoms with E-state index < -0.39 is 0 Å². The SMILES string of the molecule is COc1cc2c(cc1OCCCC(=O)Nc1cccc3c1C(=O)c1ccccc1C3=O)N=CC1CCCN1C2=O. The van der Waals surface area contributed by atoms with E-state index in [4.69, 9.17) is 9.47 Å². The first kappa shape index (κ1) is 25.5. The molecule has 0 radical (unpaired) electrons. The van der Waals surface area contributed by atoms with E-state index in [1.807, 2.05) is 11.1 Å². The van der Waals surface area contributed by atoms with Gasteiger partial charge in [-0.1, -0.05) is 36.4 Å². The first-order valence-corrected chi connectivity index (χ1v) is 13.3. The largest absolute Gasteiger partial charge is 0.493 e. The minimum Gasteiger partial charge on any atom is -0.493 e. The van der Waals surface area contributed by atoms with Crippen LogP contribution in [0.2, 0.25) is 0 Å². The lowest BCUT2D eigenvalue weighted by Gasteiger charge is -2.20. The number of aliphatic imine (C=N–C) groups is 1. The van der Waals surface area contributed by atoms with Crippen molar-refractivity contribution in [3.8, 4) is 11.5 Å². The molecule has 1 unspecified atom stereocenters. The number of nitrogens with zero attached hydrogens (tertiary/aromatic N) is 2. The van der Waals surface area contributed by atoms with Crippen molar-refractivity contribution < 1.29 is 28.7 Å². The second kappa shape index (κ2) is 10.4. The van der Waals surface area contributed by atoms with Gasteiger partial charge < -0.3 is 19.7 Å². The van der Waals surface area contributed by atoms with E-state index in [-0.39, 0.29) is 53.6 Å². The molecule has 1 atom stereocenters. The van der Waals surface area contributed by atoms with Gasteiger partial charge in [-0.15, -0.1) is 0 Å². The average Bonchev–Trinajstić information content (AvgIpc) is 3.40. The summed E-state index contributed by atoms with van der Waals surface area (Å²) < 4.78 is 11.4. The van der Waals surface area contributed by atoms with Crippen LogP contribution in [0, 0.1) is 0 Å². The van der Waals surface area contributed by atoms with Gasteiger partial charge in [0.1, 0.15) is 0 Å². The molecular formula is C31H27N3O6. The molecule has 0 bridgehead atoms. The third-order valence-electron chi connectivity index (χ3n) is 7.49. The topological polar surface area (TPSA) is 114 Å². The van der Waals surface area contributed by atoms with Crippen LogP contribution < -0.4 is 14.8 Å². The van der Waals surface area contributed by atoms with Crippen molar-refractivity contribution in [3.05, 3.63) is 82.4 Å². The highest BCUT2D eigenvalue weighted by atomic mass is 16.5. The predicted octanol–water partition coefficient (Wildman–Crippen LogP) is 4.59. The Labute approximate surface area is 230 Å². The fourth-order valence-electron chi connectivity index (χ4n) is 5.50. The number of rotatable bonds is 7. The van der Waals surface area contributed by atoms with Crippen molar-refractivity contribution in [2.24, 2.45) is 4.99 Å². The standard InChI is InChI=1S/C31H27N3O6/c1-39-25-15-22-24(32-17-18-7-5-13-34(18)31(22)38)16-26(25)40-14-6-12-27(35)33-23-11-4-10-21-28(23)30(37)20-9-3-2-8-19(20)29(21)36/h2-4,8-11,15-18H,5-7,12-14H2,1H3,(H,33,35). The van der Waals surface area contributed by atoms with Gasteiger partial charge in [0.25, 0.3) is 5.91 Å². The van der Waals surface area contributed by atoms with Gasteiger partial charge in [-0.2, -0.15) is 0 Å². The number of hydrogen-bond donors (Lipinski definition) is 1. The molecule has 202 valence electrons. The maximum atomic E-state index is 13.2. The molecule has 2 amide bonds. The van der Waals surface area contributed by atoms with Crippen LogP contribution >= 0.6 is 0 Å². The van der Waals surface area contributed by atoms with Gasteiger partial charge in [0.15, 0.2) is 23.1 Å². The Morgan fingerprint density at radius 1 is 0.975 bits per heavy atom. The van der Waals surface area contributed by atoms with Crippen molar-refractivity contribution in [2.45, 2.75) is 31.7 Å². The third kappa shape index (κ3) is 4.43.